The molecule has 3 heterocycles. The highest BCUT2D eigenvalue weighted by molar-refractivity contribution is 7.18. The lowest BCUT2D eigenvalue weighted by atomic mass is 9.97. The van der Waals surface area contributed by atoms with Gasteiger partial charge in [0, 0.05) is 12.1 Å². The van der Waals surface area contributed by atoms with E-state index >= 15 is 0 Å². The number of likely N-dealkylation sites (tertiary alicyclic amines) is 1. The summed E-state index contributed by atoms with van der Waals surface area (Å²) >= 11 is 7.28. The van der Waals surface area contributed by atoms with Crippen LogP contribution in [0.15, 0.2) is 60.7 Å². The molecule has 0 radical (unpaired) electrons. The van der Waals surface area contributed by atoms with Crippen LogP contribution in [0.1, 0.15) is 47.2 Å². The van der Waals surface area contributed by atoms with Crippen molar-refractivity contribution in [3.05, 3.63) is 94.1 Å². The van der Waals surface area contributed by atoms with E-state index in [-0.39, 0.29) is 22.6 Å². The lowest BCUT2D eigenvalue weighted by molar-refractivity contribution is -0.137. The Bertz CT molecular complexity index is 1800. The van der Waals surface area contributed by atoms with Gasteiger partial charge in [0.15, 0.2) is 0 Å². The van der Waals surface area contributed by atoms with E-state index < -0.39 is 28.1 Å². The minimum absolute atomic E-state index is 0.180. The van der Waals surface area contributed by atoms with Crippen LogP contribution in [0, 0.1) is 12.7 Å². The molecule has 3 aromatic carbocycles. The van der Waals surface area contributed by atoms with Gasteiger partial charge in [-0.15, -0.1) is 11.3 Å². The molecule has 1 fully saturated rings. The first kappa shape index (κ1) is 27.4. The van der Waals surface area contributed by atoms with E-state index in [0.717, 1.165) is 17.2 Å². The van der Waals surface area contributed by atoms with Gasteiger partial charge in [0.1, 0.15) is 22.3 Å². The summed E-state index contributed by atoms with van der Waals surface area (Å²) in [6.45, 7) is 4.21. The number of carbonyl (C=O) groups excluding carboxylic acids is 1. The maximum atomic E-state index is 14.2. The number of nitrogens with one attached hydrogen (secondary N) is 1. The van der Waals surface area contributed by atoms with Crippen molar-refractivity contribution in [3.63, 3.8) is 0 Å². The van der Waals surface area contributed by atoms with Gasteiger partial charge in [-0.3, -0.25) is 4.79 Å². The monoisotopic (exact) mass is 598 g/mol. The average molecular weight is 599 g/mol. The number of carbonyl (C=O) groups is 1. The lowest BCUT2D eigenvalue weighted by Gasteiger charge is -2.33. The molecule has 11 heteroatoms. The van der Waals surface area contributed by atoms with Gasteiger partial charge < -0.3 is 9.88 Å². The van der Waals surface area contributed by atoms with Crippen LogP contribution >= 0.6 is 22.9 Å². The number of amides is 1. The number of aromatic amines is 1. The van der Waals surface area contributed by atoms with Crippen LogP contribution < -0.4 is 0 Å². The molecule has 5 nitrogen and oxygen atoms in total. The number of aromatic nitrogens is 3. The summed E-state index contributed by atoms with van der Waals surface area (Å²) in [4.78, 5) is 28.9. The summed E-state index contributed by atoms with van der Waals surface area (Å²) < 4.78 is 54.1. The molecule has 0 unspecified atom stereocenters. The number of hydrogen-bond acceptors (Lipinski definition) is 4. The second-order valence-electron chi connectivity index (χ2n) is 10.3. The summed E-state index contributed by atoms with van der Waals surface area (Å²) in [5.74, 6) is -0.365. The van der Waals surface area contributed by atoms with E-state index in [9.17, 15) is 22.4 Å². The number of imidazole rings is 1. The van der Waals surface area contributed by atoms with Crippen LogP contribution in [0.3, 0.4) is 0 Å². The van der Waals surface area contributed by atoms with E-state index in [4.69, 9.17) is 16.6 Å². The fraction of sp³-hybridized carbons (Fsp3) is 0.233. The molecular weight excluding hydrogens is 576 g/mol. The number of halogens is 5. The molecule has 1 aliphatic heterocycles. The molecule has 1 atom stereocenters. The maximum Gasteiger partial charge on any atom is 0.417 e. The standard InChI is InChI=1S/C30H23ClF4N4OS/c1-16-5-3-6-18(13-16)26-38-24(25(41-26)17-7-9-19(32)10-8-17)27(40)39-12-4-11-29(39,2)28-36-22-14-20(30(33,34)35)21(31)15-23(22)37-28/h3,5-10,13-15H,4,11-12H2,1-2H3,(H,36,37)/t29-/m0/s1. The number of fused-ring (bicyclic) bond motifs is 1. The Morgan fingerprint density at radius 1 is 1.07 bits per heavy atom. The molecule has 1 aliphatic rings. The third-order valence-corrected chi connectivity index (χ3v) is 8.94. The van der Waals surface area contributed by atoms with Crippen molar-refractivity contribution in [2.45, 2.75) is 38.4 Å². The van der Waals surface area contributed by atoms with Crippen LogP contribution in [-0.4, -0.2) is 32.3 Å². The highest BCUT2D eigenvalue weighted by Crippen LogP contribution is 2.43. The molecule has 2 aromatic heterocycles. The van der Waals surface area contributed by atoms with Crippen molar-refractivity contribution in [1.82, 2.24) is 19.9 Å². The summed E-state index contributed by atoms with van der Waals surface area (Å²) in [5, 5.41) is 0.206. The van der Waals surface area contributed by atoms with Crippen molar-refractivity contribution >= 4 is 39.9 Å². The molecule has 0 bridgehead atoms. The Labute approximate surface area is 241 Å². The van der Waals surface area contributed by atoms with Crippen molar-refractivity contribution < 1.29 is 22.4 Å². The molecule has 0 spiro atoms. The molecule has 1 N–H and O–H groups in total. The first-order valence-electron chi connectivity index (χ1n) is 12.9. The van der Waals surface area contributed by atoms with Crippen molar-refractivity contribution in [2.75, 3.05) is 6.54 Å². The van der Waals surface area contributed by atoms with Crippen molar-refractivity contribution in [2.24, 2.45) is 0 Å². The number of nitrogens with zero attached hydrogens (tertiary/aromatic N) is 3. The topological polar surface area (TPSA) is 61.9 Å². The molecule has 41 heavy (non-hydrogen) atoms. The van der Waals surface area contributed by atoms with Gasteiger partial charge in [-0.2, -0.15) is 13.2 Å². The van der Waals surface area contributed by atoms with E-state index in [1.54, 1.807) is 17.0 Å². The number of thiazole rings is 1. The van der Waals surface area contributed by atoms with Gasteiger partial charge in [-0.25, -0.2) is 14.4 Å². The zero-order valence-corrected chi connectivity index (χ0v) is 23.5. The highest BCUT2D eigenvalue weighted by atomic mass is 35.5. The van der Waals surface area contributed by atoms with E-state index in [0.29, 0.717) is 40.7 Å². The first-order chi connectivity index (χ1) is 19.4. The largest absolute Gasteiger partial charge is 0.417 e. The zero-order chi connectivity index (χ0) is 29.1. The Hall–Kier alpha value is -3.76. The molecule has 5 aromatic rings. The SMILES string of the molecule is Cc1cccc(-c2nc(C(=O)N3CCC[C@@]3(C)c3nc4cc(Cl)c(C(F)(F)F)cc4[nH]3)c(-c3ccc(F)cc3)s2)c1. The second kappa shape index (κ2) is 9.95. The first-order valence-corrected chi connectivity index (χ1v) is 14.1. The highest BCUT2D eigenvalue weighted by Gasteiger charge is 2.45. The molecule has 6 rings (SSSR count). The van der Waals surface area contributed by atoms with Crippen LogP contribution in [0.2, 0.25) is 5.02 Å². The Kier molecular flexibility index (Phi) is 6.66. The number of benzene rings is 3. The Morgan fingerprint density at radius 3 is 2.54 bits per heavy atom. The van der Waals surface area contributed by atoms with Crippen LogP contribution in [-0.2, 0) is 11.7 Å². The predicted octanol–water partition coefficient (Wildman–Crippen LogP) is 8.62. The number of rotatable bonds is 4. The number of aryl methyl sites for hydroxylation is 1. The molecule has 0 aliphatic carbocycles. The van der Waals surface area contributed by atoms with Crippen LogP contribution in [0.25, 0.3) is 32.0 Å². The molecule has 0 saturated carbocycles. The quantitative estimate of drug-likeness (QED) is 0.211. The molecular formula is C30H23ClF4N4OS. The predicted molar refractivity (Wildman–Crippen MR) is 151 cm³/mol. The minimum Gasteiger partial charge on any atom is -0.340 e. The maximum absolute atomic E-state index is 14.2. The van der Waals surface area contributed by atoms with Gasteiger partial charge in [-0.05, 0) is 62.6 Å². The van der Waals surface area contributed by atoms with Crippen LogP contribution in [0.5, 0.6) is 0 Å². The average Bonchev–Trinajstić information content (AvgIpc) is 3.65. The summed E-state index contributed by atoms with van der Waals surface area (Å²) in [5.41, 5.74) is 1.35. The summed E-state index contributed by atoms with van der Waals surface area (Å²) in [7, 11) is 0. The van der Waals surface area contributed by atoms with Crippen molar-refractivity contribution in [1.29, 1.82) is 0 Å². The fourth-order valence-electron chi connectivity index (χ4n) is 5.33. The van der Waals surface area contributed by atoms with Crippen molar-refractivity contribution in [3.8, 4) is 21.0 Å². The van der Waals surface area contributed by atoms with E-state index in [2.05, 4.69) is 9.97 Å². The van der Waals surface area contributed by atoms with Gasteiger partial charge in [0.2, 0.25) is 0 Å². The van der Waals surface area contributed by atoms with Gasteiger partial charge in [0.05, 0.1) is 32.0 Å². The number of alkyl halides is 3. The van der Waals surface area contributed by atoms with E-state index in [1.807, 2.05) is 38.1 Å². The van der Waals surface area contributed by atoms with Crippen LogP contribution in [0.4, 0.5) is 17.6 Å². The minimum atomic E-state index is -4.62. The summed E-state index contributed by atoms with van der Waals surface area (Å²) in [6.07, 6.45) is -3.42. The third kappa shape index (κ3) is 4.89. The van der Waals surface area contributed by atoms with Gasteiger partial charge in [0.25, 0.3) is 5.91 Å². The van der Waals surface area contributed by atoms with Gasteiger partial charge in [-0.1, -0.05) is 47.5 Å². The fourth-order valence-corrected chi connectivity index (χ4v) is 6.65. The lowest BCUT2D eigenvalue weighted by Crippen LogP contribution is -2.44. The zero-order valence-electron chi connectivity index (χ0n) is 21.9. The normalized spacial score (nSPS) is 17.5. The van der Waals surface area contributed by atoms with Gasteiger partial charge >= 0.3 is 6.18 Å². The molecule has 210 valence electrons. The third-order valence-electron chi connectivity index (χ3n) is 7.47. The molecule has 1 saturated heterocycles. The summed E-state index contributed by atoms with van der Waals surface area (Å²) in [6, 6.07) is 15.8. The Morgan fingerprint density at radius 2 is 1.83 bits per heavy atom. The number of hydrogen-bond donors (Lipinski definition) is 1. The van der Waals surface area contributed by atoms with E-state index in [1.165, 1.54) is 29.5 Å². The number of H-pyrrole nitrogens is 1. The Balaban J connectivity index is 1.43. The molecule has 1 amide bonds. The smallest absolute Gasteiger partial charge is 0.340 e. The second-order valence-corrected chi connectivity index (χ2v) is 11.7.